The van der Waals surface area contributed by atoms with Crippen LogP contribution in [0.5, 0.6) is 0 Å². The van der Waals surface area contributed by atoms with Gasteiger partial charge in [-0.15, -0.1) is 11.3 Å². The average molecular weight is 476 g/mol. The topological polar surface area (TPSA) is 104 Å². The molecular weight excluding hydrogens is 455 g/mol. The normalized spacial score (nSPS) is 22.3. The third kappa shape index (κ3) is 4.39. The molecule has 2 N–H and O–H groups in total. The number of nitrogens with one attached hydrogen (secondary N) is 2. The van der Waals surface area contributed by atoms with Gasteiger partial charge in [0.15, 0.2) is 0 Å². The van der Waals surface area contributed by atoms with Crippen LogP contribution in [0.1, 0.15) is 34.1 Å². The second kappa shape index (κ2) is 7.71. The van der Waals surface area contributed by atoms with E-state index in [0.29, 0.717) is 30.0 Å². The lowest BCUT2D eigenvalue weighted by molar-refractivity contribution is -0.137. The lowest BCUT2D eigenvalue weighted by Crippen LogP contribution is -2.47. The first-order valence-electron chi connectivity index (χ1n) is 9.50. The molecule has 0 unspecified atom stereocenters. The standard InChI is InChI=1S/C18H20F3N5O3S2/c1-9-8-26(31(2,28)29)4-3-12(9)24-17-23-6-11(18(19,20)21)15(25-17)13-5-10-14(30-13)7-22-16(10)27/h5-6,9,12H,3-4,7-8H2,1-2H3,(H,22,27)(H,23,24,25)/t9-,12+/m1/s1. The number of sulfonamides is 1. The van der Waals surface area contributed by atoms with E-state index in [1.54, 1.807) is 0 Å². The summed E-state index contributed by atoms with van der Waals surface area (Å²) in [4.78, 5) is 20.8. The number of anilines is 1. The van der Waals surface area contributed by atoms with Crippen LogP contribution in [-0.4, -0.2) is 54.0 Å². The van der Waals surface area contributed by atoms with Crippen molar-refractivity contribution in [3.63, 3.8) is 0 Å². The average Bonchev–Trinajstić information content (AvgIpc) is 3.24. The van der Waals surface area contributed by atoms with Crippen LogP contribution in [-0.2, 0) is 22.7 Å². The molecule has 0 saturated carbocycles. The van der Waals surface area contributed by atoms with Gasteiger partial charge in [0.2, 0.25) is 16.0 Å². The molecule has 4 rings (SSSR count). The van der Waals surface area contributed by atoms with Gasteiger partial charge in [-0.1, -0.05) is 6.92 Å². The van der Waals surface area contributed by atoms with Gasteiger partial charge in [0.25, 0.3) is 5.91 Å². The third-order valence-corrected chi connectivity index (χ3v) is 7.85. The molecule has 13 heteroatoms. The van der Waals surface area contributed by atoms with E-state index in [2.05, 4.69) is 20.6 Å². The molecule has 0 aliphatic carbocycles. The molecule has 2 aromatic rings. The maximum Gasteiger partial charge on any atom is 0.420 e. The molecule has 0 aromatic carbocycles. The molecule has 1 amide bonds. The van der Waals surface area contributed by atoms with Crippen molar-refractivity contribution in [3.8, 4) is 10.6 Å². The zero-order valence-corrected chi connectivity index (χ0v) is 18.3. The molecule has 2 aliphatic heterocycles. The molecule has 168 valence electrons. The van der Waals surface area contributed by atoms with Gasteiger partial charge >= 0.3 is 6.18 Å². The monoisotopic (exact) mass is 475 g/mol. The molecule has 0 spiro atoms. The molecule has 31 heavy (non-hydrogen) atoms. The number of fused-ring (bicyclic) bond motifs is 1. The molecule has 0 bridgehead atoms. The fourth-order valence-electron chi connectivity index (χ4n) is 3.76. The summed E-state index contributed by atoms with van der Waals surface area (Å²) < 4.78 is 65.7. The Morgan fingerprint density at radius 2 is 2.10 bits per heavy atom. The van der Waals surface area contributed by atoms with Gasteiger partial charge in [-0.05, 0) is 18.4 Å². The largest absolute Gasteiger partial charge is 0.420 e. The molecule has 2 aromatic heterocycles. The number of amides is 1. The lowest BCUT2D eigenvalue weighted by Gasteiger charge is -2.35. The fourth-order valence-corrected chi connectivity index (χ4v) is 5.80. The maximum absolute atomic E-state index is 13.6. The van der Waals surface area contributed by atoms with Crippen LogP contribution in [0.3, 0.4) is 0 Å². The number of hydrogen-bond donors (Lipinski definition) is 2. The number of nitrogens with zero attached hydrogens (tertiary/aromatic N) is 3. The number of halogens is 3. The Labute approximate surface area is 180 Å². The zero-order valence-electron chi connectivity index (χ0n) is 16.7. The summed E-state index contributed by atoms with van der Waals surface area (Å²) in [5.41, 5.74) is -0.889. The smallest absolute Gasteiger partial charge is 0.351 e. The van der Waals surface area contributed by atoms with Crippen molar-refractivity contribution in [3.05, 3.63) is 28.3 Å². The molecule has 1 saturated heterocycles. The fraction of sp³-hybridized carbons (Fsp3) is 0.500. The summed E-state index contributed by atoms with van der Waals surface area (Å²) in [6.07, 6.45) is -2.29. The van der Waals surface area contributed by atoms with Crippen molar-refractivity contribution < 1.29 is 26.4 Å². The molecule has 1 fully saturated rings. The number of alkyl halides is 3. The van der Waals surface area contributed by atoms with Crippen molar-refractivity contribution >= 4 is 33.2 Å². The zero-order chi connectivity index (χ0) is 22.6. The Hall–Kier alpha value is -2.25. The minimum atomic E-state index is -4.65. The minimum absolute atomic E-state index is 0.0330. The Balaban J connectivity index is 1.63. The number of piperidine rings is 1. The van der Waals surface area contributed by atoms with Crippen molar-refractivity contribution in [1.29, 1.82) is 0 Å². The van der Waals surface area contributed by atoms with Crippen LogP contribution in [0.25, 0.3) is 10.6 Å². The van der Waals surface area contributed by atoms with Crippen LogP contribution in [0.4, 0.5) is 19.1 Å². The van der Waals surface area contributed by atoms with Crippen LogP contribution in [0, 0.1) is 5.92 Å². The Kier molecular flexibility index (Phi) is 5.46. The van der Waals surface area contributed by atoms with Crippen LogP contribution >= 0.6 is 11.3 Å². The van der Waals surface area contributed by atoms with E-state index in [1.807, 2.05) is 6.92 Å². The van der Waals surface area contributed by atoms with E-state index in [-0.39, 0.29) is 40.9 Å². The lowest BCUT2D eigenvalue weighted by atomic mass is 9.95. The highest BCUT2D eigenvalue weighted by Gasteiger charge is 2.37. The molecule has 2 aliphatic rings. The van der Waals surface area contributed by atoms with Gasteiger partial charge in [0, 0.05) is 30.2 Å². The molecule has 2 atom stereocenters. The molecule has 0 radical (unpaired) electrons. The highest BCUT2D eigenvalue weighted by Crippen LogP contribution is 2.40. The van der Waals surface area contributed by atoms with Crippen molar-refractivity contribution in [2.75, 3.05) is 24.7 Å². The number of carbonyl (C=O) groups excluding carboxylic acids is 1. The summed E-state index contributed by atoms with van der Waals surface area (Å²) in [5.74, 6) is -0.373. The van der Waals surface area contributed by atoms with E-state index < -0.39 is 21.8 Å². The van der Waals surface area contributed by atoms with Gasteiger partial charge in [-0.25, -0.2) is 22.7 Å². The van der Waals surface area contributed by atoms with Gasteiger partial charge in [0.1, 0.15) is 5.56 Å². The molecule has 8 nitrogen and oxygen atoms in total. The highest BCUT2D eigenvalue weighted by atomic mass is 32.2. The van der Waals surface area contributed by atoms with Gasteiger partial charge in [0.05, 0.1) is 28.9 Å². The molecular formula is C18H20F3N5O3S2. The first-order chi connectivity index (χ1) is 14.4. The predicted octanol–water partition coefficient (Wildman–Crippen LogP) is 2.55. The first kappa shape index (κ1) is 22.0. The van der Waals surface area contributed by atoms with Crippen LogP contribution in [0.15, 0.2) is 12.3 Å². The Morgan fingerprint density at radius 3 is 2.71 bits per heavy atom. The third-order valence-electron chi connectivity index (χ3n) is 5.44. The predicted molar refractivity (Wildman–Crippen MR) is 109 cm³/mol. The maximum atomic E-state index is 13.6. The van der Waals surface area contributed by atoms with Crippen molar-refractivity contribution in [2.45, 2.75) is 32.1 Å². The van der Waals surface area contributed by atoms with Crippen molar-refractivity contribution in [2.24, 2.45) is 5.92 Å². The van der Waals surface area contributed by atoms with E-state index in [4.69, 9.17) is 0 Å². The molecule has 4 heterocycles. The van der Waals surface area contributed by atoms with Crippen molar-refractivity contribution in [1.82, 2.24) is 19.6 Å². The van der Waals surface area contributed by atoms with Gasteiger partial charge in [-0.2, -0.15) is 13.2 Å². The SMILES string of the molecule is C[C@@H]1CN(S(C)(=O)=O)CC[C@@H]1Nc1ncc(C(F)(F)F)c(-c2cc3c(s2)CNC3=O)n1. The Morgan fingerprint density at radius 1 is 1.35 bits per heavy atom. The number of hydrogen-bond acceptors (Lipinski definition) is 7. The number of aromatic nitrogens is 2. The number of thiophene rings is 1. The van der Waals surface area contributed by atoms with E-state index in [9.17, 15) is 26.4 Å². The van der Waals surface area contributed by atoms with Gasteiger partial charge in [-0.3, -0.25) is 4.79 Å². The summed E-state index contributed by atoms with van der Waals surface area (Å²) in [6, 6.07) is 1.23. The minimum Gasteiger partial charge on any atom is -0.351 e. The quantitative estimate of drug-likeness (QED) is 0.705. The van der Waals surface area contributed by atoms with Crippen LogP contribution < -0.4 is 10.6 Å². The summed E-state index contributed by atoms with van der Waals surface area (Å²) in [5, 5.41) is 5.69. The number of carbonyl (C=O) groups is 1. The summed E-state index contributed by atoms with van der Waals surface area (Å²) >= 11 is 1.09. The summed E-state index contributed by atoms with van der Waals surface area (Å²) in [7, 11) is -3.31. The highest BCUT2D eigenvalue weighted by molar-refractivity contribution is 7.88. The second-order valence-corrected chi connectivity index (χ2v) is 10.8. The summed E-state index contributed by atoms with van der Waals surface area (Å²) in [6.45, 7) is 2.76. The first-order valence-corrected chi connectivity index (χ1v) is 12.2. The van der Waals surface area contributed by atoms with Gasteiger partial charge < -0.3 is 10.6 Å². The Bertz CT molecular complexity index is 1130. The van der Waals surface area contributed by atoms with E-state index in [1.165, 1.54) is 10.4 Å². The van der Waals surface area contributed by atoms with E-state index in [0.717, 1.165) is 23.8 Å². The second-order valence-electron chi connectivity index (χ2n) is 7.72. The van der Waals surface area contributed by atoms with Crippen LogP contribution in [0.2, 0.25) is 0 Å². The number of rotatable bonds is 4. The van der Waals surface area contributed by atoms with E-state index >= 15 is 0 Å².